The fraction of sp³-hybridized carbons (Fsp3) is 0.316. The van der Waals surface area contributed by atoms with Crippen LogP contribution in [0.5, 0.6) is 0 Å². The summed E-state index contributed by atoms with van der Waals surface area (Å²) in [6, 6.07) is 9.86. The zero-order valence-corrected chi connectivity index (χ0v) is 16.0. The molecule has 0 spiro atoms. The molecule has 0 saturated carbocycles. The average Bonchev–Trinajstić information content (AvgIpc) is 3.31. The fourth-order valence-corrected chi connectivity index (χ4v) is 3.38. The maximum Gasteiger partial charge on any atom is 0.227 e. The highest BCUT2D eigenvalue weighted by molar-refractivity contribution is 5.85. The highest BCUT2D eigenvalue weighted by Gasteiger charge is 2.30. The summed E-state index contributed by atoms with van der Waals surface area (Å²) in [5.41, 5.74) is 1.90. The van der Waals surface area contributed by atoms with E-state index in [1.54, 1.807) is 17.1 Å². The molecule has 1 fully saturated rings. The van der Waals surface area contributed by atoms with E-state index in [9.17, 15) is 4.79 Å². The van der Waals surface area contributed by atoms with Crippen molar-refractivity contribution in [2.45, 2.75) is 12.5 Å². The van der Waals surface area contributed by atoms with Crippen LogP contribution in [0.2, 0.25) is 0 Å². The second kappa shape index (κ2) is 8.37. The lowest BCUT2D eigenvalue weighted by atomic mass is 10.1. The molecule has 1 aromatic carbocycles. The van der Waals surface area contributed by atoms with Gasteiger partial charge in [0.25, 0.3) is 0 Å². The Morgan fingerprint density at radius 1 is 1.30 bits per heavy atom. The highest BCUT2D eigenvalue weighted by atomic mass is 35.5. The number of imidazole rings is 1. The van der Waals surface area contributed by atoms with Crippen LogP contribution in [-0.4, -0.2) is 49.8 Å². The summed E-state index contributed by atoms with van der Waals surface area (Å²) in [7, 11) is 1.96. The van der Waals surface area contributed by atoms with Gasteiger partial charge in [0.2, 0.25) is 5.91 Å². The normalized spacial score (nSPS) is 16.8. The SMILES string of the molecule is Cl.Cn1ccnc1C1CNCCN1C(=O)Cc1cnn(-c2ccccc2)c1. The summed E-state index contributed by atoms with van der Waals surface area (Å²) < 4.78 is 3.78. The van der Waals surface area contributed by atoms with E-state index in [4.69, 9.17) is 0 Å². The van der Waals surface area contributed by atoms with E-state index in [2.05, 4.69) is 15.4 Å². The minimum atomic E-state index is -0.0413. The predicted molar refractivity (Wildman–Crippen MR) is 105 cm³/mol. The molecule has 2 aromatic heterocycles. The van der Waals surface area contributed by atoms with Crippen LogP contribution in [0.3, 0.4) is 0 Å². The van der Waals surface area contributed by atoms with Crippen molar-refractivity contribution in [3.63, 3.8) is 0 Å². The largest absolute Gasteiger partial charge is 0.336 e. The lowest BCUT2D eigenvalue weighted by Crippen LogP contribution is -2.49. The van der Waals surface area contributed by atoms with Gasteiger partial charge in [0.15, 0.2) is 0 Å². The number of aromatic nitrogens is 4. The number of benzene rings is 1. The quantitative estimate of drug-likeness (QED) is 0.741. The zero-order chi connectivity index (χ0) is 17.9. The molecule has 0 radical (unpaired) electrons. The van der Waals surface area contributed by atoms with Gasteiger partial charge in [-0.25, -0.2) is 9.67 Å². The maximum atomic E-state index is 13.0. The van der Waals surface area contributed by atoms with Crippen molar-refractivity contribution in [1.82, 2.24) is 29.5 Å². The van der Waals surface area contributed by atoms with Gasteiger partial charge in [-0.15, -0.1) is 12.4 Å². The van der Waals surface area contributed by atoms with Crippen molar-refractivity contribution >= 4 is 18.3 Å². The number of rotatable bonds is 4. The van der Waals surface area contributed by atoms with E-state index in [1.807, 2.05) is 59.2 Å². The molecule has 142 valence electrons. The summed E-state index contributed by atoms with van der Waals surface area (Å²) in [6.07, 6.45) is 7.72. The fourth-order valence-electron chi connectivity index (χ4n) is 3.38. The number of halogens is 1. The Bertz CT molecular complexity index is 891. The number of carbonyl (C=O) groups is 1. The number of para-hydroxylation sites is 1. The molecule has 1 unspecified atom stereocenters. The number of carbonyl (C=O) groups excluding carboxylic acids is 1. The van der Waals surface area contributed by atoms with Gasteiger partial charge in [0, 0.05) is 45.3 Å². The Hall–Kier alpha value is -2.64. The maximum absolute atomic E-state index is 13.0. The van der Waals surface area contributed by atoms with Crippen molar-refractivity contribution < 1.29 is 4.79 Å². The molecule has 0 aliphatic carbocycles. The van der Waals surface area contributed by atoms with E-state index < -0.39 is 0 Å². The molecule has 1 atom stereocenters. The van der Waals surface area contributed by atoms with Crippen LogP contribution in [0, 0.1) is 0 Å². The second-order valence-electron chi connectivity index (χ2n) is 6.51. The van der Waals surface area contributed by atoms with Crippen LogP contribution < -0.4 is 5.32 Å². The molecule has 27 heavy (non-hydrogen) atoms. The zero-order valence-electron chi connectivity index (χ0n) is 15.2. The molecular weight excluding hydrogens is 364 g/mol. The smallest absolute Gasteiger partial charge is 0.227 e. The number of aryl methyl sites for hydroxylation is 1. The first kappa shape index (κ1) is 19.1. The molecule has 1 amide bonds. The minimum absolute atomic E-state index is 0. The van der Waals surface area contributed by atoms with Gasteiger partial charge in [-0.3, -0.25) is 4.79 Å². The predicted octanol–water partition coefficient (Wildman–Crippen LogP) is 1.74. The Kier molecular flexibility index (Phi) is 5.93. The molecular formula is C19H23ClN6O. The second-order valence-corrected chi connectivity index (χ2v) is 6.51. The van der Waals surface area contributed by atoms with Crippen LogP contribution in [0.1, 0.15) is 17.4 Å². The molecule has 4 rings (SSSR count). The van der Waals surface area contributed by atoms with Crippen LogP contribution in [0.15, 0.2) is 55.1 Å². The third-order valence-corrected chi connectivity index (χ3v) is 4.73. The lowest BCUT2D eigenvalue weighted by Gasteiger charge is -2.35. The summed E-state index contributed by atoms with van der Waals surface area (Å²) in [5, 5.41) is 7.75. The number of hydrogen-bond acceptors (Lipinski definition) is 4. The molecule has 1 aliphatic rings. The van der Waals surface area contributed by atoms with Gasteiger partial charge in [0.05, 0.1) is 18.3 Å². The first-order valence-corrected chi connectivity index (χ1v) is 8.79. The molecule has 1 aliphatic heterocycles. The molecule has 8 heteroatoms. The third kappa shape index (κ3) is 4.04. The van der Waals surface area contributed by atoms with Crippen LogP contribution in [0.4, 0.5) is 0 Å². The monoisotopic (exact) mass is 386 g/mol. The summed E-state index contributed by atoms with van der Waals surface area (Å²) in [5.74, 6) is 1.01. The standard InChI is InChI=1S/C19H22N6O.ClH/c1-23-9-8-21-19(23)17-13-20-7-10-24(17)18(26)11-15-12-22-25(14-15)16-5-3-2-4-6-16;/h2-6,8-9,12,14,17,20H,7,10-11,13H2,1H3;1H. The molecule has 0 bridgehead atoms. The Labute approximate surface area is 164 Å². The Morgan fingerprint density at radius 2 is 2.11 bits per heavy atom. The first-order valence-electron chi connectivity index (χ1n) is 8.79. The van der Waals surface area contributed by atoms with Crippen molar-refractivity contribution in [2.24, 2.45) is 7.05 Å². The van der Waals surface area contributed by atoms with Gasteiger partial charge in [-0.1, -0.05) is 18.2 Å². The number of nitrogens with one attached hydrogen (secondary N) is 1. The van der Waals surface area contributed by atoms with E-state index in [-0.39, 0.29) is 24.4 Å². The van der Waals surface area contributed by atoms with Gasteiger partial charge < -0.3 is 14.8 Å². The van der Waals surface area contributed by atoms with Gasteiger partial charge in [0.1, 0.15) is 11.9 Å². The average molecular weight is 387 g/mol. The molecule has 3 heterocycles. The summed E-state index contributed by atoms with van der Waals surface area (Å²) >= 11 is 0. The highest BCUT2D eigenvalue weighted by Crippen LogP contribution is 2.21. The molecule has 1 saturated heterocycles. The molecule has 7 nitrogen and oxygen atoms in total. The van der Waals surface area contributed by atoms with Crippen molar-refractivity contribution in [3.05, 3.63) is 66.5 Å². The van der Waals surface area contributed by atoms with Crippen LogP contribution in [-0.2, 0) is 18.3 Å². The van der Waals surface area contributed by atoms with E-state index in [1.165, 1.54) is 0 Å². The molecule has 1 N–H and O–H groups in total. The first-order chi connectivity index (χ1) is 12.7. The topological polar surface area (TPSA) is 68.0 Å². The number of amides is 1. The Morgan fingerprint density at radius 3 is 2.85 bits per heavy atom. The van der Waals surface area contributed by atoms with Crippen LogP contribution in [0.25, 0.3) is 5.69 Å². The third-order valence-electron chi connectivity index (χ3n) is 4.73. The van der Waals surface area contributed by atoms with Gasteiger partial charge in [-0.05, 0) is 17.7 Å². The molecule has 3 aromatic rings. The number of hydrogen-bond donors (Lipinski definition) is 1. The van der Waals surface area contributed by atoms with Crippen molar-refractivity contribution in [2.75, 3.05) is 19.6 Å². The summed E-state index contributed by atoms with van der Waals surface area (Å²) in [4.78, 5) is 19.3. The lowest BCUT2D eigenvalue weighted by molar-refractivity contribution is -0.134. The number of piperazine rings is 1. The van der Waals surface area contributed by atoms with E-state index in [0.29, 0.717) is 13.0 Å². The Balaban J connectivity index is 0.00000210. The van der Waals surface area contributed by atoms with E-state index in [0.717, 1.165) is 30.2 Å². The number of nitrogens with zero attached hydrogens (tertiary/aromatic N) is 5. The van der Waals surface area contributed by atoms with Crippen LogP contribution >= 0.6 is 12.4 Å². The van der Waals surface area contributed by atoms with Gasteiger partial charge in [-0.2, -0.15) is 5.10 Å². The van der Waals surface area contributed by atoms with Crippen molar-refractivity contribution in [3.8, 4) is 5.69 Å². The van der Waals surface area contributed by atoms with E-state index >= 15 is 0 Å². The van der Waals surface area contributed by atoms with Gasteiger partial charge >= 0.3 is 0 Å². The summed E-state index contributed by atoms with van der Waals surface area (Å²) in [6.45, 7) is 2.21. The minimum Gasteiger partial charge on any atom is -0.336 e. The van der Waals surface area contributed by atoms with Crippen molar-refractivity contribution in [1.29, 1.82) is 0 Å².